The molecule has 5 nitrogen and oxygen atoms in total. The Bertz CT molecular complexity index is 448. The fourth-order valence-electron chi connectivity index (χ4n) is 2.25. The standard InChI is InChI=1S/C13H19N3O2S/c1-2-14-11-6-3-7-12(13(11)16(17)18)15-9-10-5-4-8-19-10/h3,6-7,10,14-15H,2,4-5,8-9H2,1H3. The summed E-state index contributed by atoms with van der Waals surface area (Å²) in [5.74, 6) is 1.20. The van der Waals surface area contributed by atoms with Gasteiger partial charge in [0.05, 0.1) is 4.92 Å². The molecule has 1 fully saturated rings. The van der Waals surface area contributed by atoms with Gasteiger partial charge in [0.25, 0.3) is 0 Å². The van der Waals surface area contributed by atoms with Gasteiger partial charge in [-0.2, -0.15) is 11.8 Å². The lowest BCUT2D eigenvalue weighted by Gasteiger charge is -2.13. The summed E-state index contributed by atoms with van der Waals surface area (Å²) in [6, 6.07) is 5.37. The molecule has 1 heterocycles. The molecule has 1 atom stereocenters. The maximum Gasteiger partial charge on any atom is 0.315 e. The topological polar surface area (TPSA) is 67.2 Å². The quantitative estimate of drug-likeness (QED) is 0.618. The molecule has 2 rings (SSSR count). The minimum absolute atomic E-state index is 0.146. The molecule has 1 aromatic rings. The molecular weight excluding hydrogens is 262 g/mol. The van der Waals surface area contributed by atoms with E-state index >= 15 is 0 Å². The van der Waals surface area contributed by atoms with E-state index in [9.17, 15) is 10.1 Å². The van der Waals surface area contributed by atoms with Crippen molar-refractivity contribution in [1.82, 2.24) is 0 Å². The average Bonchev–Trinajstić information content (AvgIpc) is 2.89. The Morgan fingerprint density at radius 3 is 2.74 bits per heavy atom. The fourth-order valence-corrected chi connectivity index (χ4v) is 3.45. The largest absolute Gasteiger partial charge is 0.380 e. The van der Waals surface area contributed by atoms with E-state index in [4.69, 9.17) is 0 Å². The first-order valence-electron chi connectivity index (χ1n) is 6.59. The van der Waals surface area contributed by atoms with Gasteiger partial charge in [0.15, 0.2) is 0 Å². The van der Waals surface area contributed by atoms with Crippen molar-refractivity contribution in [3.63, 3.8) is 0 Å². The summed E-state index contributed by atoms with van der Waals surface area (Å²) >= 11 is 1.94. The molecule has 0 saturated carbocycles. The van der Waals surface area contributed by atoms with Crippen molar-refractivity contribution in [3.8, 4) is 0 Å². The van der Waals surface area contributed by atoms with Gasteiger partial charge in [0, 0.05) is 18.3 Å². The molecule has 0 radical (unpaired) electrons. The van der Waals surface area contributed by atoms with Crippen LogP contribution in [0.2, 0.25) is 0 Å². The zero-order chi connectivity index (χ0) is 13.7. The van der Waals surface area contributed by atoms with Gasteiger partial charge >= 0.3 is 5.69 Å². The smallest absolute Gasteiger partial charge is 0.315 e. The molecule has 104 valence electrons. The predicted octanol–water partition coefficient (Wildman–Crippen LogP) is 3.33. The minimum Gasteiger partial charge on any atom is -0.380 e. The summed E-state index contributed by atoms with van der Waals surface area (Å²) in [7, 11) is 0. The number of nitro groups is 1. The summed E-state index contributed by atoms with van der Waals surface area (Å²) < 4.78 is 0. The van der Waals surface area contributed by atoms with Gasteiger partial charge in [-0.3, -0.25) is 10.1 Å². The van der Waals surface area contributed by atoms with E-state index < -0.39 is 0 Å². The van der Waals surface area contributed by atoms with Gasteiger partial charge in [0.2, 0.25) is 0 Å². The number of rotatable bonds is 6. The number of nitrogens with one attached hydrogen (secondary N) is 2. The summed E-state index contributed by atoms with van der Waals surface area (Å²) in [6.45, 7) is 3.39. The molecule has 1 aromatic carbocycles. The Morgan fingerprint density at radius 2 is 2.16 bits per heavy atom. The molecule has 19 heavy (non-hydrogen) atoms. The van der Waals surface area contributed by atoms with E-state index in [-0.39, 0.29) is 10.6 Å². The first-order chi connectivity index (χ1) is 9.22. The zero-order valence-electron chi connectivity index (χ0n) is 11.0. The lowest BCUT2D eigenvalue weighted by Crippen LogP contribution is -2.15. The van der Waals surface area contributed by atoms with Crippen LogP contribution in [0, 0.1) is 10.1 Å². The van der Waals surface area contributed by atoms with Crippen molar-refractivity contribution in [3.05, 3.63) is 28.3 Å². The normalized spacial score (nSPS) is 18.3. The third-order valence-corrected chi connectivity index (χ3v) is 4.53. The Balaban J connectivity index is 2.13. The third-order valence-electron chi connectivity index (χ3n) is 3.13. The second-order valence-electron chi connectivity index (χ2n) is 4.51. The Kier molecular flexibility index (Phi) is 4.90. The fraction of sp³-hybridized carbons (Fsp3) is 0.538. The highest BCUT2D eigenvalue weighted by atomic mass is 32.2. The van der Waals surface area contributed by atoms with Gasteiger partial charge in [0.1, 0.15) is 11.4 Å². The second kappa shape index (κ2) is 6.65. The zero-order valence-corrected chi connectivity index (χ0v) is 11.8. The van der Waals surface area contributed by atoms with Crippen LogP contribution in [-0.4, -0.2) is 29.0 Å². The van der Waals surface area contributed by atoms with Crippen molar-refractivity contribution < 1.29 is 4.92 Å². The molecule has 1 aliphatic rings. The van der Waals surface area contributed by atoms with Crippen LogP contribution in [0.15, 0.2) is 18.2 Å². The highest BCUT2D eigenvalue weighted by Crippen LogP contribution is 2.34. The molecule has 0 aliphatic carbocycles. The van der Waals surface area contributed by atoms with Crippen LogP contribution in [0.25, 0.3) is 0 Å². The van der Waals surface area contributed by atoms with Crippen LogP contribution in [0.5, 0.6) is 0 Å². The van der Waals surface area contributed by atoms with Crippen LogP contribution in [0.4, 0.5) is 17.1 Å². The van der Waals surface area contributed by atoms with Gasteiger partial charge in [-0.05, 0) is 37.7 Å². The molecule has 1 unspecified atom stereocenters. The number of anilines is 2. The molecule has 1 aliphatic heterocycles. The maximum absolute atomic E-state index is 11.2. The summed E-state index contributed by atoms with van der Waals surface area (Å²) in [5, 5.41) is 18.1. The summed E-state index contributed by atoms with van der Waals surface area (Å²) in [6.07, 6.45) is 2.44. The van der Waals surface area contributed by atoms with Crippen molar-refractivity contribution in [1.29, 1.82) is 0 Å². The van der Waals surface area contributed by atoms with Gasteiger partial charge in [-0.15, -0.1) is 0 Å². The van der Waals surface area contributed by atoms with Crippen molar-refractivity contribution in [2.24, 2.45) is 0 Å². The molecule has 0 bridgehead atoms. The molecule has 6 heteroatoms. The van der Waals surface area contributed by atoms with Crippen LogP contribution in [0.1, 0.15) is 19.8 Å². The van der Waals surface area contributed by atoms with E-state index in [0.29, 0.717) is 23.2 Å². The van der Waals surface area contributed by atoms with E-state index in [1.165, 1.54) is 18.6 Å². The van der Waals surface area contributed by atoms with Gasteiger partial charge < -0.3 is 10.6 Å². The Morgan fingerprint density at radius 1 is 1.42 bits per heavy atom. The van der Waals surface area contributed by atoms with Crippen molar-refractivity contribution in [2.75, 3.05) is 29.5 Å². The highest BCUT2D eigenvalue weighted by Gasteiger charge is 2.21. The molecular formula is C13H19N3O2S. The molecule has 1 saturated heterocycles. The van der Waals surface area contributed by atoms with Crippen molar-refractivity contribution >= 4 is 28.8 Å². The van der Waals surface area contributed by atoms with E-state index in [1.807, 2.05) is 24.8 Å². The molecule has 0 spiro atoms. The maximum atomic E-state index is 11.2. The number of para-hydroxylation sites is 1. The van der Waals surface area contributed by atoms with Crippen molar-refractivity contribution in [2.45, 2.75) is 25.0 Å². The number of nitro benzene ring substituents is 1. The summed E-state index contributed by atoms with van der Waals surface area (Å²) in [5.41, 5.74) is 1.33. The van der Waals surface area contributed by atoms with E-state index in [0.717, 1.165) is 6.54 Å². The third kappa shape index (κ3) is 3.53. The number of thioether (sulfide) groups is 1. The average molecular weight is 281 g/mol. The highest BCUT2D eigenvalue weighted by molar-refractivity contribution is 8.00. The lowest BCUT2D eigenvalue weighted by atomic mass is 10.2. The number of hydrogen-bond acceptors (Lipinski definition) is 5. The van der Waals surface area contributed by atoms with Crippen LogP contribution >= 0.6 is 11.8 Å². The molecule has 2 N–H and O–H groups in total. The predicted molar refractivity (Wildman–Crippen MR) is 81.2 cm³/mol. The molecule has 0 aromatic heterocycles. The molecule has 0 amide bonds. The first-order valence-corrected chi connectivity index (χ1v) is 7.64. The van der Waals surface area contributed by atoms with Gasteiger partial charge in [-0.1, -0.05) is 6.07 Å². The number of nitrogens with zero attached hydrogens (tertiary/aromatic N) is 1. The number of benzene rings is 1. The van der Waals surface area contributed by atoms with E-state index in [2.05, 4.69) is 10.6 Å². The Labute approximate surface area is 117 Å². The first kappa shape index (κ1) is 14.0. The number of hydrogen-bond donors (Lipinski definition) is 2. The van der Waals surface area contributed by atoms with Gasteiger partial charge in [-0.25, -0.2) is 0 Å². The van der Waals surface area contributed by atoms with E-state index in [1.54, 1.807) is 12.1 Å². The van der Waals surface area contributed by atoms with Crippen LogP contribution < -0.4 is 10.6 Å². The van der Waals surface area contributed by atoms with Crippen LogP contribution in [-0.2, 0) is 0 Å². The minimum atomic E-state index is -0.317. The Hall–Kier alpha value is -1.43. The van der Waals surface area contributed by atoms with Crippen LogP contribution in [0.3, 0.4) is 0 Å². The SMILES string of the molecule is CCNc1cccc(NCC2CCCS2)c1[N+](=O)[O-]. The monoisotopic (exact) mass is 281 g/mol. The summed E-state index contributed by atoms with van der Waals surface area (Å²) in [4.78, 5) is 10.9. The second-order valence-corrected chi connectivity index (χ2v) is 5.91. The lowest BCUT2D eigenvalue weighted by molar-refractivity contribution is -0.383.